The number of amides is 1. The fraction of sp³-hybridized carbons (Fsp3) is 0.571. The lowest BCUT2D eigenvalue weighted by atomic mass is 10.3. The van der Waals surface area contributed by atoms with Gasteiger partial charge in [-0.15, -0.1) is 0 Å². The van der Waals surface area contributed by atoms with Crippen LogP contribution in [0.5, 0.6) is 0 Å². The molecule has 0 aliphatic rings. The average Bonchev–Trinajstić information content (AvgIpc) is 2.39. The number of carbonyl (C=O) groups is 1. The van der Waals surface area contributed by atoms with E-state index in [0.29, 0.717) is 12.2 Å². The fourth-order valence-electron chi connectivity index (χ4n) is 1.56. The number of nitrogens with zero attached hydrogens (tertiary/aromatic N) is 2. The van der Waals surface area contributed by atoms with Crippen molar-refractivity contribution in [2.24, 2.45) is 0 Å². The molecule has 0 unspecified atom stereocenters. The summed E-state index contributed by atoms with van der Waals surface area (Å²) in [6.07, 6.45) is 3.93. The highest BCUT2D eigenvalue weighted by molar-refractivity contribution is 5.93. The first-order valence-corrected chi connectivity index (χ1v) is 6.76. The van der Waals surface area contributed by atoms with Gasteiger partial charge in [0.05, 0.1) is 0 Å². The number of carbonyl (C=O) groups excluding carboxylic acids is 1. The number of hydrogen-bond acceptors (Lipinski definition) is 4. The van der Waals surface area contributed by atoms with Crippen LogP contribution in [0.1, 0.15) is 30.3 Å². The zero-order valence-corrected chi connectivity index (χ0v) is 12.1. The maximum absolute atomic E-state index is 11.9. The summed E-state index contributed by atoms with van der Waals surface area (Å²) < 4.78 is 0. The molecular formula is C14H24N4O. The summed E-state index contributed by atoms with van der Waals surface area (Å²) in [5.74, 6) is -0.124. The maximum Gasteiger partial charge on any atom is 0.269 e. The third-order valence-corrected chi connectivity index (χ3v) is 2.70. The van der Waals surface area contributed by atoms with Gasteiger partial charge in [0.25, 0.3) is 5.91 Å². The highest BCUT2D eigenvalue weighted by Crippen LogP contribution is 2.08. The summed E-state index contributed by atoms with van der Waals surface area (Å²) in [5, 5.41) is 6.14. The SMILES string of the molecule is CCCCNc1ccnc(C(=O)NCCN(C)C)c1. The number of likely N-dealkylation sites (N-methyl/N-ethyl adjacent to an activating group) is 1. The number of pyridine rings is 1. The van der Waals surface area contributed by atoms with Crippen LogP contribution in [-0.2, 0) is 0 Å². The molecular weight excluding hydrogens is 240 g/mol. The minimum atomic E-state index is -0.124. The molecule has 1 aromatic heterocycles. The van der Waals surface area contributed by atoms with Crippen LogP contribution in [-0.4, -0.2) is 49.5 Å². The molecule has 2 N–H and O–H groups in total. The van der Waals surface area contributed by atoms with Crippen molar-refractivity contribution in [3.05, 3.63) is 24.0 Å². The van der Waals surface area contributed by atoms with E-state index in [2.05, 4.69) is 22.5 Å². The first-order valence-electron chi connectivity index (χ1n) is 6.76. The predicted molar refractivity (Wildman–Crippen MR) is 78.5 cm³/mol. The Labute approximate surface area is 115 Å². The van der Waals surface area contributed by atoms with E-state index in [9.17, 15) is 4.79 Å². The molecule has 5 heteroatoms. The number of anilines is 1. The van der Waals surface area contributed by atoms with Crippen molar-refractivity contribution in [3.8, 4) is 0 Å². The summed E-state index contributed by atoms with van der Waals surface area (Å²) in [5.41, 5.74) is 1.40. The van der Waals surface area contributed by atoms with E-state index in [4.69, 9.17) is 0 Å². The third-order valence-electron chi connectivity index (χ3n) is 2.70. The minimum Gasteiger partial charge on any atom is -0.385 e. The lowest BCUT2D eigenvalue weighted by Crippen LogP contribution is -2.31. The molecule has 0 aliphatic heterocycles. The molecule has 0 aromatic carbocycles. The van der Waals surface area contributed by atoms with Crippen molar-refractivity contribution in [1.29, 1.82) is 0 Å². The van der Waals surface area contributed by atoms with Gasteiger partial charge in [-0.05, 0) is 32.6 Å². The van der Waals surface area contributed by atoms with Gasteiger partial charge >= 0.3 is 0 Å². The van der Waals surface area contributed by atoms with Gasteiger partial charge in [0.1, 0.15) is 5.69 Å². The van der Waals surface area contributed by atoms with Gasteiger partial charge < -0.3 is 15.5 Å². The van der Waals surface area contributed by atoms with Crippen molar-refractivity contribution >= 4 is 11.6 Å². The van der Waals surface area contributed by atoms with E-state index in [1.165, 1.54) is 0 Å². The molecule has 1 amide bonds. The molecule has 0 radical (unpaired) electrons. The van der Waals surface area contributed by atoms with Gasteiger partial charge in [0.2, 0.25) is 0 Å². The monoisotopic (exact) mass is 264 g/mol. The molecule has 0 aliphatic carbocycles. The number of aromatic nitrogens is 1. The van der Waals surface area contributed by atoms with Gasteiger partial charge in [-0.3, -0.25) is 9.78 Å². The molecule has 0 saturated heterocycles. The normalized spacial score (nSPS) is 10.5. The number of unbranched alkanes of at least 4 members (excludes halogenated alkanes) is 1. The summed E-state index contributed by atoms with van der Waals surface area (Å²) in [7, 11) is 3.95. The molecule has 0 bridgehead atoms. The summed E-state index contributed by atoms with van der Waals surface area (Å²) >= 11 is 0. The van der Waals surface area contributed by atoms with Crippen molar-refractivity contribution in [2.45, 2.75) is 19.8 Å². The lowest BCUT2D eigenvalue weighted by Gasteiger charge is -2.11. The van der Waals surface area contributed by atoms with E-state index in [1.54, 1.807) is 12.3 Å². The van der Waals surface area contributed by atoms with Crippen molar-refractivity contribution in [2.75, 3.05) is 39.0 Å². The van der Waals surface area contributed by atoms with Crippen molar-refractivity contribution in [3.63, 3.8) is 0 Å². The quantitative estimate of drug-likeness (QED) is 0.700. The Morgan fingerprint density at radius 3 is 2.84 bits per heavy atom. The van der Waals surface area contributed by atoms with Gasteiger partial charge in [-0.1, -0.05) is 13.3 Å². The molecule has 0 fully saturated rings. The Morgan fingerprint density at radius 1 is 1.37 bits per heavy atom. The van der Waals surface area contributed by atoms with Gasteiger partial charge in [-0.25, -0.2) is 0 Å². The Morgan fingerprint density at radius 2 is 2.16 bits per heavy atom. The molecule has 0 atom stereocenters. The maximum atomic E-state index is 11.9. The summed E-state index contributed by atoms with van der Waals surface area (Å²) in [6.45, 7) is 4.52. The summed E-state index contributed by atoms with van der Waals surface area (Å²) in [6, 6.07) is 3.67. The van der Waals surface area contributed by atoms with Crippen LogP contribution in [0, 0.1) is 0 Å². The second kappa shape index (κ2) is 8.48. The molecule has 1 heterocycles. The Balaban J connectivity index is 2.48. The van der Waals surface area contributed by atoms with Crippen LogP contribution >= 0.6 is 0 Å². The average molecular weight is 264 g/mol. The van der Waals surface area contributed by atoms with E-state index in [0.717, 1.165) is 31.6 Å². The smallest absolute Gasteiger partial charge is 0.269 e. The standard InChI is InChI=1S/C14H24N4O/c1-4-5-7-15-12-6-8-16-13(11-12)14(19)17-9-10-18(2)3/h6,8,11H,4-5,7,9-10H2,1-3H3,(H,15,16)(H,17,19). The van der Waals surface area contributed by atoms with Crippen LogP contribution < -0.4 is 10.6 Å². The van der Waals surface area contributed by atoms with Crippen LogP contribution in [0.2, 0.25) is 0 Å². The fourth-order valence-corrected chi connectivity index (χ4v) is 1.56. The summed E-state index contributed by atoms with van der Waals surface area (Å²) in [4.78, 5) is 18.0. The second-order valence-electron chi connectivity index (χ2n) is 4.77. The van der Waals surface area contributed by atoms with Crippen LogP contribution in [0.3, 0.4) is 0 Å². The van der Waals surface area contributed by atoms with Gasteiger partial charge in [0.15, 0.2) is 0 Å². The largest absolute Gasteiger partial charge is 0.385 e. The molecule has 1 aromatic rings. The molecule has 5 nitrogen and oxygen atoms in total. The van der Waals surface area contributed by atoms with E-state index < -0.39 is 0 Å². The molecule has 1 rings (SSSR count). The van der Waals surface area contributed by atoms with E-state index >= 15 is 0 Å². The topological polar surface area (TPSA) is 57.3 Å². The highest BCUT2D eigenvalue weighted by atomic mass is 16.1. The Bertz CT molecular complexity index is 393. The Kier molecular flexibility index (Phi) is 6.89. The van der Waals surface area contributed by atoms with E-state index in [-0.39, 0.29) is 5.91 Å². The number of hydrogen-bond donors (Lipinski definition) is 2. The number of rotatable bonds is 8. The van der Waals surface area contributed by atoms with Crippen LogP contribution in [0.4, 0.5) is 5.69 Å². The zero-order valence-electron chi connectivity index (χ0n) is 12.1. The predicted octanol–water partition coefficient (Wildman–Crippen LogP) is 1.58. The first kappa shape index (κ1) is 15.4. The minimum absolute atomic E-state index is 0.124. The zero-order chi connectivity index (χ0) is 14.1. The molecule has 0 spiro atoms. The third kappa shape index (κ3) is 6.20. The molecule has 0 saturated carbocycles. The van der Waals surface area contributed by atoms with Crippen LogP contribution in [0.15, 0.2) is 18.3 Å². The van der Waals surface area contributed by atoms with Crippen LogP contribution in [0.25, 0.3) is 0 Å². The second-order valence-corrected chi connectivity index (χ2v) is 4.77. The number of nitrogens with one attached hydrogen (secondary N) is 2. The molecule has 19 heavy (non-hydrogen) atoms. The van der Waals surface area contributed by atoms with Crippen molar-refractivity contribution < 1.29 is 4.79 Å². The Hall–Kier alpha value is -1.62. The first-order chi connectivity index (χ1) is 9.13. The van der Waals surface area contributed by atoms with Crippen molar-refractivity contribution in [1.82, 2.24) is 15.2 Å². The highest BCUT2D eigenvalue weighted by Gasteiger charge is 2.07. The lowest BCUT2D eigenvalue weighted by molar-refractivity contribution is 0.0946. The van der Waals surface area contributed by atoms with E-state index in [1.807, 2.05) is 25.1 Å². The van der Waals surface area contributed by atoms with Gasteiger partial charge in [-0.2, -0.15) is 0 Å². The van der Waals surface area contributed by atoms with Gasteiger partial charge in [0, 0.05) is 31.5 Å². The molecule has 106 valence electrons.